The number of hydrogen-bond acceptors (Lipinski definition) is 4. The molecule has 0 N–H and O–H groups in total. The van der Waals surface area contributed by atoms with Crippen molar-refractivity contribution >= 4 is 15.9 Å². The van der Waals surface area contributed by atoms with Crippen LogP contribution in [0.15, 0.2) is 4.90 Å². The second-order valence-corrected chi connectivity index (χ2v) is 8.68. The summed E-state index contributed by atoms with van der Waals surface area (Å²) < 4.78 is 27.6. The predicted octanol–water partition coefficient (Wildman–Crippen LogP) is 1.54. The zero-order valence-electron chi connectivity index (χ0n) is 15.2. The van der Waals surface area contributed by atoms with Gasteiger partial charge in [-0.1, -0.05) is 6.92 Å². The quantitative estimate of drug-likeness (QED) is 0.802. The van der Waals surface area contributed by atoms with Gasteiger partial charge < -0.3 is 4.90 Å². The van der Waals surface area contributed by atoms with E-state index < -0.39 is 10.0 Å². The lowest BCUT2D eigenvalue weighted by molar-refractivity contribution is -0.135. The van der Waals surface area contributed by atoms with E-state index in [1.807, 2.05) is 4.90 Å². The smallest absolute Gasteiger partial charge is 0.246 e. The van der Waals surface area contributed by atoms with Gasteiger partial charge in [-0.15, -0.1) is 0 Å². The minimum absolute atomic E-state index is 0.0148. The molecule has 1 amide bonds. The standard InChI is InChI=1S/C16H28N4O3S/c1-6-14-9-7-8-10-19(14)15(21)11-20-13(3)16(12(2)17-20)24(22,23)18(4)5/h14H,6-11H2,1-5H3/t14-/m1/s1. The van der Waals surface area contributed by atoms with Gasteiger partial charge in [0.1, 0.15) is 11.4 Å². The number of piperidine rings is 1. The Hall–Kier alpha value is -1.41. The highest BCUT2D eigenvalue weighted by molar-refractivity contribution is 7.89. The summed E-state index contributed by atoms with van der Waals surface area (Å²) in [5, 5.41) is 4.31. The van der Waals surface area contributed by atoms with E-state index in [0.717, 1.165) is 32.2 Å². The Morgan fingerprint density at radius 3 is 2.54 bits per heavy atom. The number of carbonyl (C=O) groups is 1. The second kappa shape index (κ2) is 7.23. The van der Waals surface area contributed by atoms with E-state index in [4.69, 9.17) is 0 Å². The molecule has 2 heterocycles. The van der Waals surface area contributed by atoms with Crippen molar-refractivity contribution in [2.24, 2.45) is 0 Å². The first-order valence-corrected chi connectivity index (χ1v) is 9.90. The van der Waals surface area contributed by atoms with Crippen molar-refractivity contribution in [2.45, 2.75) is 63.9 Å². The molecule has 0 saturated carbocycles. The van der Waals surface area contributed by atoms with Crippen LogP contribution < -0.4 is 0 Å². The van der Waals surface area contributed by atoms with Gasteiger partial charge in [-0.2, -0.15) is 5.10 Å². The van der Waals surface area contributed by atoms with Crippen LogP contribution in [-0.2, 0) is 21.4 Å². The average molecular weight is 356 g/mol. The molecule has 0 aromatic carbocycles. The molecule has 2 rings (SSSR count). The van der Waals surface area contributed by atoms with Crippen molar-refractivity contribution < 1.29 is 13.2 Å². The Bertz CT molecular complexity index is 709. The van der Waals surface area contributed by atoms with Crippen molar-refractivity contribution in [1.82, 2.24) is 19.0 Å². The van der Waals surface area contributed by atoms with Crippen molar-refractivity contribution in [3.05, 3.63) is 11.4 Å². The molecule has 1 atom stereocenters. The molecule has 1 fully saturated rings. The Labute approximate surface area is 144 Å². The summed E-state index contributed by atoms with van der Waals surface area (Å²) in [6.45, 7) is 6.34. The van der Waals surface area contributed by atoms with Crippen LogP contribution >= 0.6 is 0 Å². The number of carbonyl (C=O) groups excluding carboxylic acids is 1. The molecule has 0 bridgehead atoms. The van der Waals surface area contributed by atoms with E-state index in [1.54, 1.807) is 13.8 Å². The van der Waals surface area contributed by atoms with Gasteiger partial charge in [0.25, 0.3) is 0 Å². The topological polar surface area (TPSA) is 75.5 Å². The molecule has 1 aliphatic rings. The van der Waals surface area contributed by atoms with Gasteiger partial charge in [-0.3, -0.25) is 9.48 Å². The molecule has 1 aliphatic heterocycles. The number of rotatable bonds is 5. The van der Waals surface area contributed by atoms with Gasteiger partial charge in [0.2, 0.25) is 15.9 Å². The molecule has 0 radical (unpaired) electrons. The van der Waals surface area contributed by atoms with Gasteiger partial charge in [0, 0.05) is 26.7 Å². The van der Waals surface area contributed by atoms with Crippen molar-refractivity contribution in [2.75, 3.05) is 20.6 Å². The normalized spacial score (nSPS) is 19.1. The highest BCUT2D eigenvalue weighted by Crippen LogP contribution is 2.23. The summed E-state index contributed by atoms with van der Waals surface area (Å²) in [4.78, 5) is 14.8. The summed E-state index contributed by atoms with van der Waals surface area (Å²) in [6, 6.07) is 0.285. The highest BCUT2D eigenvalue weighted by atomic mass is 32.2. The molecule has 8 heteroatoms. The fraction of sp³-hybridized carbons (Fsp3) is 0.750. The number of hydrogen-bond donors (Lipinski definition) is 0. The first-order chi connectivity index (χ1) is 11.2. The fourth-order valence-electron chi connectivity index (χ4n) is 3.36. The summed E-state index contributed by atoms with van der Waals surface area (Å²) in [5.74, 6) is 0.0148. The van der Waals surface area contributed by atoms with Crippen LogP contribution in [0.2, 0.25) is 0 Å². The predicted molar refractivity (Wildman–Crippen MR) is 92.2 cm³/mol. The first-order valence-electron chi connectivity index (χ1n) is 8.46. The molecular formula is C16H28N4O3S. The number of aryl methyl sites for hydroxylation is 1. The summed E-state index contributed by atoms with van der Waals surface area (Å²) in [6.07, 6.45) is 4.18. The van der Waals surface area contributed by atoms with Gasteiger partial charge in [0.15, 0.2) is 0 Å². The van der Waals surface area contributed by atoms with Crippen LogP contribution in [0.1, 0.15) is 44.0 Å². The van der Waals surface area contributed by atoms with Crippen molar-refractivity contribution in [3.63, 3.8) is 0 Å². The zero-order chi connectivity index (χ0) is 18.1. The van der Waals surface area contributed by atoms with Crippen LogP contribution in [0.5, 0.6) is 0 Å². The summed E-state index contributed by atoms with van der Waals surface area (Å²) >= 11 is 0. The Kier molecular flexibility index (Phi) is 5.70. The van der Waals surface area contributed by atoms with Gasteiger partial charge in [-0.25, -0.2) is 12.7 Å². The minimum Gasteiger partial charge on any atom is -0.338 e. The molecular weight excluding hydrogens is 328 g/mol. The van der Waals surface area contributed by atoms with E-state index in [0.29, 0.717) is 11.4 Å². The maximum Gasteiger partial charge on any atom is 0.246 e. The Morgan fingerprint density at radius 1 is 1.29 bits per heavy atom. The lowest BCUT2D eigenvalue weighted by Gasteiger charge is -2.35. The molecule has 136 valence electrons. The van der Waals surface area contributed by atoms with Crippen molar-refractivity contribution in [3.8, 4) is 0 Å². The largest absolute Gasteiger partial charge is 0.338 e. The molecule has 0 unspecified atom stereocenters. The lowest BCUT2D eigenvalue weighted by Crippen LogP contribution is -2.45. The highest BCUT2D eigenvalue weighted by Gasteiger charge is 2.29. The number of amides is 1. The Morgan fingerprint density at radius 2 is 1.96 bits per heavy atom. The lowest BCUT2D eigenvalue weighted by atomic mass is 10.00. The number of nitrogens with zero attached hydrogens (tertiary/aromatic N) is 4. The number of likely N-dealkylation sites (tertiary alicyclic amines) is 1. The van der Waals surface area contributed by atoms with Gasteiger partial charge >= 0.3 is 0 Å². The van der Waals surface area contributed by atoms with E-state index in [2.05, 4.69) is 12.0 Å². The van der Waals surface area contributed by atoms with Crippen LogP contribution in [0.25, 0.3) is 0 Å². The maximum absolute atomic E-state index is 12.7. The maximum atomic E-state index is 12.7. The fourth-order valence-corrected chi connectivity index (χ4v) is 4.62. The minimum atomic E-state index is -3.57. The molecule has 7 nitrogen and oxygen atoms in total. The molecule has 1 aromatic heterocycles. The third-order valence-corrected chi connectivity index (χ3v) is 6.83. The third-order valence-electron chi connectivity index (χ3n) is 4.76. The van der Waals surface area contributed by atoms with E-state index >= 15 is 0 Å². The SMILES string of the molecule is CC[C@@H]1CCCCN1C(=O)Cn1nc(C)c(S(=O)(=O)N(C)C)c1C. The van der Waals surface area contributed by atoms with E-state index in [9.17, 15) is 13.2 Å². The molecule has 1 aromatic rings. The second-order valence-electron chi connectivity index (χ2n) is 6.59. The number of aromatic nitrogens is 2. The van der Waals surface area contributed by atoms with Crippen LogP contribution in [0, 0.1) is 13.8 Å². The van der Waals surface area contributed by atoms with Crippen LogP contribution in [-0.4, -0.2) is 60.0 Å². The molecule has 0 aliphatic carbocycles. The summed E-state index contributed by atoms with van der Waals surface area (Å²) in [7, 11) is -0.576. The van der Waals surface area contributed by atoms with Gasteiger partial charge in [0.05, 0.1) is 11.4 Å². The number of sulfonamides is 1. The zero-order valence-corrected chi connectivity index (χ0v) is 16.1. The molecule has 1 saturated heterocycles. The first kappa shape index (κ1) is 18.9. The average Bonchev–Trinajstić information content (AvgIpc) is 2.81. The van der Waals surface area contributed by atoms with Crippen molar-refractivity contribution in [1.29, 1.82) is 0 Å². The molecule has 0 spiro atoms. The van der Waals surface area contributed by atoms with Crippen LogP contribution in [0.4, 0.5) is 0 Å². The Balaban J connectivity index is 2.27. The summed E-state index contributed by atoms with van der Waals surface area (Å²) in [5.41, 5.74) is 0.944. The van der Waals surface area contributed by atoms with E-state index in [-0.39, 0.29) is 23.4 Å². The van der Waals surface area contributed by atoms with E-state index in [1.165, 1.54) is 23.1 Å². The molecule has 24 heavy (non-hydrogen) atoms. The van der Waals surface area contributed by atoms with Gasteiger partial charge in [-0.05, 0) is 39.5 Å². The monoisotopic (exact) mass is 356 g/mol. The third kappa shape index (κ3) is 3.49. The van der Waals surface area contributed by atoms with Crippen LogP contribution in [0.3, 0.4) is 0 Å².